The zero-order valence-corrected chi connectivity index (χ0v) is 14.9. The van der Waals surface area contributed by atoms with Crippen molar-refractivity contribution in [3.63, 3.8) is 0 Å². The minimum absolute atomic E-state index is 0.00599. The van der Waals surface area contributed by atoms with Crippen molar-refractivity contribution in [2.24, 2.45) is 0 Å². The fourth-order valence-electron chi connectivity index (χ4n) is 2.81. The van der Waals surface area contributed by atoms with Gasteiger partial charge in [-0.05, 0) is 31.0 Å². The van der Waals surface area contributed by atoms with Gasteiger partial charge in [0.25, 0.3) is 0 Å². The van der Waals surface area contributed by atoms with Gasteiger partial charge in [-0.25, -0.2) is 0 Å². The van der Waals surface area contributed by atoms with Gasteiger partial charge in [0.2, 0.25) is 5.91 Å². The fourth-order valence-corrected chi connectivity index (χ4v) is 2.81. The molecule has 0 unspecified atom stereocenters. The summed E-state index contributed by atoms with van der Waals surface area (Å²) in [6.07, 6.45) is 2.57. The summed E-state index contributed by atoms with van der Waals surface area (Å²) in [5.74, 6) is 0.793. The minimum Gasteiger partial charge on any atom is -0.497 e. The van der Waals surface area contributed by atoms with Crippen molar-refractivity contribution >= 4 is 5.91 Å². The molecule has 26 heavy (non-hydrogen) atoms. The van der Waals surface area contributed by atoms with Crippen molar-refractivity contribution < 1.29 is 14.1 Å². The van der Waals surface area contributed by atoms with Gasteiger partial charge in [-0.2, -0.15) is 0 Å². The van der Waals surface area contributed by atoms with Crippen LogP contribution in [-0.4, -0.2) is 18.2 Å². The number of ether oxygens (including phenoxy) is 1. The van der Waals surface area contributed by atoms with Crippen molar-refractivity contribution in [2.75, 3.05) is 7.11 Å². The molecule has 134 valence electrons. The molecule has 1 amide bonds. The summed E-state index contributed by atoms with van der Waals surface area (Å²) in [6.45, 7) is 1.97. The standard InChI is InChI=1S/C21H22N2O3/c1-15(16-8-11-19(25-2)12-9-16)22-20(24)13-10-18-14-26-23-21(18)17-6-4-3-5-7-17/h3-9,11-12,14-15H,10,13H2,1-2H3,(H,22,24)/t15-/m1/s1. The van der Waals surface area contributed by atoms with Crippen molar-refractivity contribution in [1.29, 1.82) is 0 Å². The Morgan fingerprint density at radius 2 is 1.88 bits per heavy atom. The van der Waals surface area contributed by atoms with E-state index in [2.05, 4.69) is 10.5 Å². The molecule has 0 aliphatic rings. The van der Waals surface area contributed by atoms with E-state index in [4.69, 9.17) is 9.26 Å². The number of nitrogens with one attached hydrogen (secondary N) is 1. The zero-order valence-electron chi connectivity index (χ0n) is 14.9. The largest absolute Gasteiger partial charge is 0.497 e. The highest BCUT2D eigenvalue weighted by Gasteiger charge is 2.14. The third-order valence-corrected chi connectivity index (χ3v) is 4.31. The van der Waals surface area contributed by atoms with E-state index in [1.54, 1.807) is 13.4 Å². The van der Waals surface area contributed by atoms with Crippen molar-refractivity contribution in [3.8, 4) is 17.0 Å². The van der Waals surface area contributed by atoms with Crippen LogP contribution in [0.3, 0.4) is 0 Å². The minimum atomic E-state index is -0.0653. The number of methoxy groups -OCH3 is 1. The summed E-state index contributed by atoms with van der Waals surface area (Å²) in [4.78, 5) is 12.3. The summed E-state index contributed by atoms with van der Waals surface area (Å²) in [7, 11) is 1.63. The number of carbonyl (C=O) groups is 1. The molecule has 1 heterocycles. The van der Waals surface area contributed by atoms with E-state index in [9.17, 15) is 4.79 Å². The van der Waals surface area contributed by atoms with Gasteiger partial charge in [0.15, 0.2) is 0 Å². The lowest BCUT2D eigenvalue weighted by Gasteiger charge is -2.14. The first-order chi connectivity index (χ1) is 12.7. The van der Waals surface area contributed by atoms with E-state index >= 15 is 0 Å². The molecule has 1 atom stereocenters. The second-order valence-electron chi connectivity index (χ2n) is 6.12. The average Bonchev–Trinajstić information content (AvgIpc) is 3.16. The van der Waals surface area contributed by atoms with Gasteiger partial charge in [0.05, 0.1) is 13.2 Å². The molecule has 0 fully saturated rings. The topological polar surface area (TPSA) is 64.4 Å². The highest BCUT2D eigenvalue weighted by molar-refractivity contribution is 5.77. The lowest BCUT2D eigenvalue weighted by atomic mass is 10.0. The number of aromatic nitrogens is 1. The zero-order chi connectivity index (χ0) is 18.4. The Balaban J connectivity index is 1.57. The number of carbonyl (C=O) groups excluding carboxylic acids is 1. The summed E-state index contributed by atoms with van der Waals surface area (Å²) < 4.78 is 10.3. The summed E-state index contributed by atoms with van der Waals surface area (Å²) >= 11 is 0. The Morgan fingerprint density at radius 1 is 1.15 bits per heavy atom. The molecular formula is C21H22N2O3. The van der Waals surface area contributed by atoms with Crippen molar-refractivity contribution in [3.05, 3.63) is 72.0 Å². The molecule has 0 radical (unpaired) electrons. The van der Waals surface area contributed by atoms with Gasteiger partial charge < -0.3 is 14.6 Å². The van der Waals surface area contributed by atoms with Crippen LogP contribution in [0.2, 0.25) is 0 Å². The summed E-state index contributed by atoms with van der Waals surface area (Å²) in [5, 5.41) is 7.10. The third-order valence-electron chi connectivity index (χ3n) is 4.31. The molecule has 5 heteroatoms. The number of rotatable bonds is 7. The smallest absolute Gasteiger partial charge is 0.220 e. The second kappa shape index (κ2) is 8.34. The van der Waals surface area contributed by atoms with E-state index in [-0.39, 0.29) is 11.9 Å². The van der Waals surface area contributed by atoms with Crippen LogP contribution in [0.4, 0.5) is 0 Å². The Labute approximate surface area is 153 Å². The van der Waals surface area contributed by atoms with Gasteiger partial charge >= 0.3 is 0 Å². The molecule has 0 bridgehead atoms. The van der Waals surface area contributed by atoms with E-state index < -0.39 is 0 Å². The van der Waals surface area contributed by atoms with Crippen LogP contribution in [0.25, 0.3) is 11.3 Å². The summed E-state index contributed by atoms with van der Waals surface area (Å²) in [6, 6.07) is 17.5. The highest BCUT2D eigenvalue weighted by atomic mass is 16.5. The molecule has 5 nitrogen and oxygen atoms in total. The molecule has 0 saturated heterocycles. The molecule has 0 aliphatic heterocycles. The van der Waals surface area contributed by atoms with Crippen LogP contribution in [0.1, 0.15) is 30.5 Å². The third kappa shape index (κ3) is 4.30. The fraction of sp³-hybridized carbons (Fsp3) is 0.238. The first-order valence-corrected chi connectivity index (χ1v) is 8.59. The summed E-state index contributed by atoms with van der Waals surface area (Å²) in [5.41, 5.74) is 3.75. The monoisotopic (exact) mass is 350 g/mol. The lowest BCUT2D eigenvalue weighted by Crippen LogP contribution is -2.26. The van der Waals surface area contributed by atoms with Crippen LogP contribution >= 0.6 is 0 Å². The van der Waals surface area contributed by atoms with E-state index in [1.165, 1.54) is 0 Å². The molecule has 3 rings (SSSR count). The predicted molar refractivity (Wildman–Crippen MR) is 99.8 cm³/mol. The van der Waals surface area contributed by atoms with E-state index in [1.807, 2.05) is 61.5 Å². The number of hydrogen-bond donors (Lipinski definition) is 1. The Morgan fingerprint density at radius 3 is 2.58 bits per heavy atom. The quantitative estimate of drug-likeness (QED) is 0.695. The number of amides is 1. The van der Waals surface area contributed by atoms with E-state index in [0.29, 0.717) is 12.8 Å². The first kappa shape index (κ1) is 17.7. The molecule has 0 aliphatic carbocycles. The van der Waals surface area contributed by atoms with Gasteiger partial charge in [-0.3, -0.25) is 4.79 Å². The van der Waals surface area contributed by atoms with Gasteiger partial charge in [-0.1, -0.05) is 47.6 Å². The van der Waals surface area contributed by atoms with Gasteiger partial charge in [0.1, 0.15) is 17.7 Å². The molecule has 3 aromatic rings. The molecule has 1 N–H and O–H groups in total. The number of hydrogen-bond acceptors (Lipinski definition) is 4. The van der Waals surface area contributed by atoms with Crippen LogP contribution in [0.5, 0.6) is 5.75 Å². The number of nitrogens with zero attached hydrogens (tertiary/aromatic N) is 1. The van der Waals surface area contributed by atoms with Crippen molar-refractivity contribution in [2.45, 2.75) is 25.8 Å². The van der Waals surface area contributed by atoms with Gasteiger partial charge in [0, 0.05) is 17.5 Å². The van der Waals surface area contributed by atoms with Crippen LogP contribution in [0.15, 0.2) is 65.4 Å². The molecule has 0 spiro atoms. The Kier molecular flexibility index (Phi) is 5.69. The highest BCUT2D eigenvalue weighted by Crippen LogP contribution is 2.23. The maximum absolute atomic E-state index is 12.3. The number of benzene rings is 2. The SMILES string of the molecule is COc1ccc([C@@H](C)NC(=O)CCc2conc2-c2ccccc2)cc1. The van der Waals surface area contributed by atoms with Crippen LogP contribution < -0.4 is 10.1 Å². The molecule has 0 saturated carbocycles. The van der Waals surface area contributed by atoms with Crippen molar-refractivity contribution in [1.82, 2.24) is 10.5 Å². The predicted octanol–water partition coefficient (Wildman–Crippen LogP) is 4.16. The second-order valence-corrected chi connectivity index (χ2v) is 6.12. The van der Waals surface area contributed by atoms with E-state index in [0.717, 1.165) is 28.1 Å². The van der Waals surface area contributed by atoms with Crippen LogP contribution in [-0.2, 0) is 11.2 Å². The Bertz CT molecular complexity index is 841. The normalized spacial score (nSPS) is 11.8. The molecule has 1 aromatic heterocycles. The Hall–Kier alpha value is -3.08. The molecular weight excluding hydrogens is 328 g/mol. The maximum atomic E-state index is 12.3. The van der Waals surface area contributed by atoms with Crippen LogP contribution in [0, 0.1) is 0 Å². The maximum Gasteiger partial charge on any atom is 0.220 e. The first-order valence-electron chi connectivity index (χ1n) is 8.59. The molecule has 2 aromatic carbocycles. The number of aryl methyl sites for hydroxylation is 1. The van der Waals surface area contributed by atoms with Gasteiger partial charge in [-0.15, -0.1) is 0 Å². The average molecular weight is 350 g/mol. The lowest BCUT2D eigenvalue weighted by molar-refractivity contribution is -0.121.